The summed E-state index contributed by atoms with van der Waals surface area (Å²) in [6.45, 7) is 0. The van der Waals surface area contributed by atoms with Gasteiger partial charge in [-0.1, -0.05) is 48.0 Å². The van der Waals surface area contributed by atoms with E-state index >= 15 is 0 Å². The molecule has 0 heterocycles. The van der Waals surface area contributed by atoms with Gasteiger partial charge in [0.1, 0.15) is 0 Å². The fraction of sp³-hybridized carbons (Fsp3) is 0.167. The fourth-order valence-corrected chi connectivity index (χ4v) is 3.67. The van der Waals surface area contributed by atoms with E-state index in [4.69, 9.17) is 11.6 Å². The SMILES string of the molecule is O=P(O)(O)C1(Cl)Cc2cccc3cccc1c23. The molecule has 0 aliphatic heterocycles. The second-order valence-corrected chi connectivity index (χ2v) is 7.06. The van der Waals surface area contributed by atoms with Crippen LogP contribution in [0.3, 0.4) is 0 Å². The third-order valence-corrected chi connectivity index (χ3v) is 5.61. The molecule has 1 aliphatic carbocycles. The molecule has 0 fully saturated rings. The summed E-state index contributed by atoms with van der Waals surface area (Å²) in [6, 6.07) is 11.1. The summed E-state index contributed by atoms with van der Waals surface area (Å²) in [7, 11) is -4.40. The fourth-order valence-electron chi connectivity index (χ4n) is 2.49. The van der Waals surface area contributed by atoms with Gasteiger partial charge in [0.25, 0.3) is 0 Å². The monoisotopic (exact) mass is 268 g/mol. The van der Waals surface area contributed by atoms with Gasteiger partial charge in [-0.3, -0.25) is 4.57 Å². The number of alkyl halides is 1. The van der Waals surface area contributed by atoms with Crippen LogP contribution in [0.1, 0.15) is 11.1 Å². The number of hydrogen-bond donors (Lipinski definition) is 2. The molecule has 0 saturated carbocycles. The van der Waals surface area contributed by atoms with Crippen molar-refractivity contribution in [2.75, 3.05) is 0 Å². The minimum absolute atomic E-state index is 0.176. The Morgan fingerprint density at radius 2 is 1.82 bits per heavy atom. The van der Waals surface area contributed by atoms with Gasteiger partial charge < -0.3 is 9.79 Å². The number of rotatable bonds is 1. The van der Waals surface area contributed by atoms with Crippen LogP contribution in [0.5, 0.6) is 0 Å². The molecule has 2 aromatic rings. The highest BCUT2D eigenvalue weighted by Gasteiger charge is 2.51. The van der Waals surface area contributed by atoms with E-state index in [2.05, 4.69) is 0 Å². The zero-order chi connectivity index (χ0) is 12.3. The van der Waals surface area contributed by atoms with Crippen molar-refractivity contribution in [1.29, 1.82) is 0 Å². The maximum atomic E-state index is 11.6. The van der Waals surface area contributed by atoms with E-state index in [1.807, 2.05) is 24.3 Å². The van der Waals surface area contributed by atoms with Crippen molar-refractivity contribution >= 4 is 30.0 Å². The van der Waals surface area contributed by atoms with E-state index in [9.17, 15) is 14.4 Å². The van der Waals surface area contributed by atoms with Gasteiger partial charge in [0.15, 0.2) is 4.62 Å². The van der Waals surface area contributed by atoms with E-state index in [0.29, 0.717) is 5.56 Å². The van der Waals surface area contributed by atoms with Crippen molar-refractivity contribution in [3.8, 4) is 0 Å². The van der Waals surface area contributed by atoms with Crippen LogP contribution in [-0.2, 0) is 15.6 Å². The van der Waals surface area contributed by atoms with E-state index in [-0.39, 0.29) is 6.42 Å². The molecule has 2 N–H and O–H groups in total. The Labute approximate surface area is 103 Å². The van der Waals surface area contributed by atoms with Crippen LogP contribution in [0.25, 0.3) is 10.8 Å². The Bertz CT molecular complexity index is 659. The van der Waals surface area contributed by atoms with Gasteiger partial charge in [-0.2, -0.15) is 0 Å². The summed E-state index contributed by atoms with van der Waals surface area (Å²) in [5.41, 5.74) is 1.44. The molecule has 0 aromatic heterocycles. The van der Waals surface area contributed by atoms with E-state index in [0.717, 1.165) is 16.3 Å². The summed E-state index contributed by atoms with van der Waals surface area (Å²) in [4.78, 5) is 19.0. The van der Waals surface area contributed by atoms with Crippen molar-refractivity contribution in [2.24, 2.45) is 0 Å². The predicted molar refractivity (Wildman–Crippen MR) is 67.2 cm³/mol. The molecule has 2 aromatic carbocycles. The van der Waals surface area contributed by atoms with Crippen molar-refractivity contribution in [3.63, 3.8) is 0 Å². The van der Waals surface area contributed by atoms with Crippen LogP contribution in [0.2, 0.25) is 0 Å². The molecule has 5 heteroatoms. The lowest BCUT2D eigenvalue weighted by Gasteiger charge is -2.23. The standard InChI is InChI=1S/C12H10ClO3P/c13-12(17(14,15)16)7-9-5-1-3-8-4-2-6-10(12)11(8)9/h1-6H,7H2,(H2,14,15,16). The van der Waals surface area contributed by atoms with E-state index < -0.39 is 12.2 Å². The summed E-state index contributed by atoms with van der Waals surface area (Å²) in [5, 5.41) is 1.85. The number of halogens is 1. The first-order valence-electron chi connectivity index (χ1n) is 5.19. The quantitative estimate of drug-likeness (QED) is 0.617. The topological polar surface area (TPSA) is 57.5 Å². The van der Waals surface area contributed by atoms with Gasteiger partial charge in [0.05, 0.1) is 0 Å². The normalized spacial score (nSPS) is 23.2. The molecular weight excluding hydrogens is 259 g/mol. The van der Waals surface area contributed by atoms with Crippen LogP contribution in [-0.4, -0.2) is 9.79 Å². The van der Waals surface area contributed by atoms with Gasteiger partial charge in [0.2, 0.25) is 0 Å². The Kier molecular flexibility index (Phi) is 2.20. The molecule has 3 rings (SSSR count). The molecule has 0 amide bonds. The lowest BCUT2D eigenvalue weighted by Crippen LogP contribution is -2.17. The van der Waals surface area contributed by atoms with E-state index in [1.165, 1.54) is 0 Å². The molecule has 1 unspecified atom stereocenters. The lowest BCUT2D eigenvalue weighted by atomic mass is 10.1. The van der Waals surface area contributed by atoms with Gasteiger partial charge in [-0.25, -0.2) is 0 Å². The van der Waals surface area contributed by atoms with Crippen LogP contribution >= 0.6 is 19.2 Å². The summed E-state index contributed by atoms with van der Waals surface area (Å²) in [5.74, 6) is 0. The second-order valence-electron chi connectivity index (χ2n) is 4.30. The molecule has 88 valence electrons. The Balaban J connectivity index is 2.41. The zero-order valence-electron chi connectivity index (χ0n) is 8.80. The predicted octanol–water partition coefficient (Wildman–Crippen LogP) is 2.97. The summed E-state index contributed by atoms with van der Waals surface area (Å²) < 4.78 is 10.0. The van der Waals surface area contributed by atoms with Gasteiger partial charge >= 0.3 is 7.60 Å². The maximum absolute atomic E-state index is 11.6. The second kappa shape index (κ2) is 3.33. The largest absolute Gasteiger partial charge is 0.351 e. The van der Waals surface area contributed by atoms with Crippen LogP contribution in [0.15, 0.2) is 36.4 Å². The third kappa shape index (κ3) is 1.40. The van der Waals surface area contributed by atoms with Crippen molar-refractivity contribution in [1.82, 2.24) is 0 Å². The average molecular weight is 269 g/mol. The van der Waals surface area contributed by atoms with E-state index in [1.54, 1.807) is 12.1 Å². The lowest BCUT2D eigenvalue weighted by molar-refractivity contribution is 0.351. The molecule has 0 spiro atoms. The molecule has 0 saturated heterocycles. The van der Waals surface area contributed by atoms with Crippen LogP contribution < -0.4 is 0 Å². The highest BCUT2D eigenvalue weighted by atomic mass is 35.5. The Hall–Kier alpha value is -0.860. The molecule has 0 bridgehead atoms. The first-order chi connectivity index (χ1) is 7.93. The summed E-state index contributed by atoms with van der Waals surface area (Å²) >= 11 is 6.22. The molecule has 0 radical (unpaired) electrons. The summed E-state index contributed by atoms with van der Waals surface area (Å²) in [6.07, 6.45) is 0.176. The molecule has 1 atom stereocenters. The third-order valence-electron chi connectivity index (χ3n) is 3.29. The molecule has 3 nitrogen and oxygen atoms in total. The van der Waals surface area contributed by atoms with Gasteiger partial charge in [-0.05, 0) is 21.9 Å². The van der Waals surface area contributed by atoms with Gasteiger partial charge in [0, 0.05) is 6.42 Å². The minimum Gasteiger partial charge on any atom is -0.323 e. The van der Waals surface area contributed by atoms with Crippen LogP contribution in [0, 0.1) is 0 Å². The minimum atomic E-state index is -4.40. The first-order valence-corrected chi connectivity index (χ1v) is 7.18. The van der Waals surface area contributed by atoms with Crippen LogP contribution in [0.4, 0.5) is 0 Å². The van der Waals surface area contributed by atoms with Crippen molar-refractivity contribution < 1.29 is 14.4 Å². The zero-order valence-corrected chi connectivity index (χ0v) is 10.4. The highest BCUT2D eigenvalue weighted by Crippen LogP contribution is 2.65. The van der Waals surface area contributed by atoms with Gasteiger partial charge in [-0.15, -0.1) is 0 Å². The smallest absolute Gasteiger partial charge is 0.323 e. The number of benzene rings is 2. The van der Waals surface area contributed by atoms with Crippen molar-refractivity contribution in [3.05, 3.63) is 47.5 Å². The maximum Gasteiger partial charge on any atom is 0.351 e. The molecular formula is C12H10ClO3P. The molecule has 1 aliphatic rings. The number of hydrogen-bond acceptors (Lipinski definition) is 1. The first kappa shape index (κ1) is 11.2. The highest BCUT2D eigenvalue weighted by molar-refractivity contribution is 7.55. The Morgan fingerprint density at radius 3 is 2.47 bits per heavy atom. The van der Waals surface area contributed by atoms with Crippen molar-refractivity contribution in [2.45, 2.75) is 11.0 Å². The molecule has 17 heavy (non-hydrogen) atoms. The Morgan fingerprint density at radius 1 is 1.18 bits per heavy atom. The average Bonchev–Trinajstić information content (AvgIpc) is 2.56.